The molecule has 21 heavy (non-hydrogen) atoms. The molecule has 2 rings (SSSR count). The van der Waals surface area contributed by atoms with Crippen molar-refractivity contribution in [2.75, 3.05) is 32.6 Å². The minimum atomic E-state index is -0.478. The van der Waals surface area contributed by atoms with Crippen LogP contribution < -0.4 is 5.32 Å². The lowest BCUT2D eigenvalue weighted by Gasteiger charge is -2.25. The van der Waals surface area contributed by atoms with E-state index in [1.54, 1.807) is 26.2 Å². The van der Waals surface area contributed by atoms with E-state index in [1.165, 1.54) is 11.0 Å². The van der Waals surface area contributed by atoms with Crippen LogP contribution in [0.1, 0.15) is 23.7 Å². The summed E-state index contributed by atoms with van der Waals surface area (Å²) in [6.45, 7) is 3.10. The molecule has 1 heterocycles. The Balaban J connectivity index is 2.33. The van der Waals surface area contributed by atoms with Crippen molar-refractivity contribution in [1.29, 1.82) is 0 Å². The van der Waals surface area contributed by atoms with Crippen LogP contribution in [0.3, 0.4) is 0 Å². The SMILES string of the molecule is CN(C)C(=O)c1ccc(NC2(C)CCOC2)c([N+](=O)[O-])c1. The molecule has 1 amide bonds. The van der Waals surface area contributed by atoms with Crippen molar-refractivity contribution in [2.24, 2.45) is 0 Å². The summed E-state index contributed by atoms with van der Waals surface area (Å²) in [5, 5.41) is 14.4. The second kappa shape index (κ2) is 5.69. The van der Waals surface area contributed by atoms with Gasteiger partial charge >= 0.3 is 0 Å². The smallest absolute Gasteiger partial charge is 0.293 e. The normalized spacial score (nSPS) is 21.1. The first-order valence-electron chi connectivity index (χ1n) is 6.68. The molecular weight excluding hydrogens is 274 g/mol. The number of rotatable bonds is 4. The molecule has 1 fully saturated rings. The molecule has 1 atom stereocenters. The number of hydrogen-bond acceptors (Lipinski definition) is 5. The van der Waals surface area contributed by atoms with Crippen LogP contribution in [0.4, 0.5) is 11.4 Å². The quantitative estimate of drug-likeness (QED) is 0.677. The number of ether oxygens (including phenoxy) is 1. The van der Waals surface area contributed by atoms with Gasteiger partial charge in [0, 0.05) is 32.3 Å². The number of nitro benzene ring substituents is 1. The average Bonchev–Trinajstić information content (AvgIpc) is 2.84. The molecule has 1 unspecified atom stereocenters. The van der Waals surface area contributed by atoms with Crippen LogP contribution in [-0.2, 0) is 4.74 Å². The van der Waals surface area contributed by atoms with Gasteiger partial charge in [0.15, 0.2) is 0 Å². The number of nitro groups is 1. The molecule has 0 bridgehead atoms. The Bertz CT molecular complexity index is 565. The number of hydrogen-bond donors (Lipinski definition) is 1. The highest BCUT2D eigenvalue weighted by Gasteiger charge is 2.31. The van der Waals surface area contributed by atoms with Gasteiger partial charge in [-0.15, -0.1) is 0 Å². The van der Waals surface area contributed by atoms with Crippen molar-refractivity contribution < 1.29 is 14.5 Å². The molecule has 1 aliphatic heterocycles. The first-order valence-corrected chi connectivity index (χ1v) is 6.68. The molecule has 0 spiro atoms. The van der Waals surface area contributed by atoms with Gasteiger partial charge in [0.05, 0.1) is 17.1 Å². The largest absolute Gasteiger partial charge is 0.379 e. The van der Waals surface area contributed by atoms with Gasteiger partial charge in [0.25, 0.3) is 11.6 Å². The highest BCUT2D eigenvalue weighted by molar-refractivity contribution is 5.95. The fraction of sp³-hybridized carbons (Fsp3) is 0.500. The third-order valence-electron chi connectivity index (χ3n) is 3.50. The molecule has 1 aliphatic rings. The summed E-state index contributed by atoms with van der Waals surface area (Å²) in [6, 6.07) is 4.49. The molecule has 7 nitrogen and oxygen atoms in total. The monoisotopic (exact) mass is 293 g/mol. The van der Waals surface area contributed by atoms with E-state index >= 15 is 0 Å². The van der Waals surface area contributed by atoms with E-state index in [-0.39, 0.29) is 17.1 Å². The van der Waals surface area contributed by atoms with Gasteiger partial charge in [0.1, 0.15) is 5.69 Å². The molecule has 1 aromatic rings. The number of carbonyl (C=O) groups is 1. The van der Waals surface area contributed by atoms with Gasteiger partial charge in [-0.05, 0) is 25.5 Å². The zero-order valence-corrected chi connectivity index (χ0v) is 12.4. The zero-order valence-electron chi connectivity index (χ0n) is 12.4. The lowest BCUT2D eigenvalue weighted by Crippen LogP contribution is -2.35. The summed E-state index contributed by atoms with van der Waals surface area (Å²) in [7, 11) is 3.22. The molecular formula is C14H19N3O4. The molecule has 0 aromatic heterocycles. The second-order valence-electron chi connectivity index (χ2n) is 5.68. The molecule has 0 aliphatic carbocycles. The van der Waals surface area contributed by atoms with Crippen molar-refractivity contribution in [3.05, 3.63) is 33.9 Å². The summed E-state index contributed by atoms with van der Waals surface area (Å²) in [5.41, 5.74) is 0.280. The van der Waals surface area contributed by atoms with Gasteiger partial charge in [-0.25, -0.2) is 0 Å². The number of nitrogens with one attached hydrogen (secondary N) is 1. The summed E-state index contributed by atoms with van der Waals surface area (Å²) < 4.78 is 5.33. The molecule has 1 saturated heterocycles. The molecule has 1 aromatic carbocycles. The first kappa shape index (κ1) is 15.2. The van der Waals surface area contributed by atoms with Crippen LogP contribution in [0, 0.1) is 10.1 Å². The maximum Gasteiger partial charge on any atom is 0.293 e. The zero-order chi connectivity index (χ0) is 15.6. The Morgan fingerprint density at radius 2 is 2.19 bits per heavy atom. The van der Waals surface area contributed by atoms with Gasteiger partial charge in [-0.1, -0.05) is 0 Å². The summed E-state index contributed by atoms with van der Waals surface area (Å²) in [5.74, 6) is -0.264. The molecule has 1 N–H and O–H groups in total. The minimum absolute atomic E-state index is 0.101. The van der Waals surface area contributed by atoms with E-state index in [4.69, 9.17) is 4.74 Å². The van der Waals surface area contributed by atoms with Crippen molar-refractivity contribution >= 4 is 17.3 Å². The van der Waals surface area contributed by atoms with Crippen LogP contribution in [0.5, 0.6) is 0 Å². The van der Waals surface area contributed by atoms with Crippen LogP contribution >= 0.6 is 0 Å². The van der Waals surface area contributed by atoms with Gasteiger partial charge in [-0.3, -0.25) is 14.9 Å². The number of anilines is 1. The fourth-order valence-corrected chi connectivity index (χ4v) is 2.27. The van der Waals surface area contributed by atoms with Crippen molar-refractivity contribution in [3.8, 4) is 0 Å². The van der Waals surface area contributed by atoms with E-state index in [2.05, 4.69) is 5.32 Å². The maximum atomic E-state index is 11.9. The Morgan fingerprint density at radius 1 is 1.48 bits per heavy atom. The number of amides is 1. The van der Waals surface area contributed by atoms with Crippen LogP contribution in [-0.4, -0.2) is 48.6 Å². The van der Waals surface area contributed by atoms with Crippen molar-refractivity contribution in [3.63, 3.8) is 0 Å². The Kier molecular flexibility index (Phi) is 4.13. The first-order chi connectivity index (χ1) is 9.82. The summed E-state index contributed by atoms with van der Waals surface area (Å²) >= 11 is 0. The maximum absolute atomic E-state index is 11.9. The Morgan fingerprint density at radius 3 is 2.71 bits per heavy atom. The highest BCUT2D eigenvalue weighted by atomic mass is 16.6. The highest BCUT2D eigenvalue weighted by Crippen LogP contribution is 2.31. The van der Waals surface area contributed by atoms with Crippen LogP contribution in [0.15, 0.2) is 18.2 Å². The van der Waals surface area contributed by atoms with E-state index in [0.717, 1.165) is 6.42 Å². The van der Waals surface area contributed by atoms with E-state index in [1.807, 2.05) is 6.92 Å². The second-order valence-corrected chi connectivity index (χ2v) is 5.68. The number of nitrogens with zero attached hydrogens (tertiary/aromatic N) is 2. The molecule has 114 valence electrons. The standard InChI is InChI=1S/C14H19N3O4/c1-14(6-7-21-9-14)15-11-5-4-10(13(18)16(2)3)8-12(11)17(19)20/h4-5,8,15H,6-7,9H2,1-3H3. The lowest BCUT2D eigenvalue weighted by molar-refractivity contribution is -0.384. The fourth-order valence-electron chi connectivity index (χ4n) is 2.27. The predicted molar refractivity (Wildman–Crippen MR) is 78.6 cm³/mol. The van der Waals surface area contributed by atoms with Crippen LogP contribution in [0.25, 0.3) is 0 Å². The van der Waals surface area contributed by atoms with Crippen molar-refractivity contribution in [1.82, 2.24) is 4.90 Å². The van der Waals surface area contributed by atoms with Crippen molar-refractivity contribution in [2.45, 2.75) is 18.9 Å². The average molecular weight is 293 g/mol. The molecule has 0 saturated carbocycles. The Hall–Kier alpha value is -2.15. The predicted octanol–water partition coefficient (Wildman–Crippen LogP) is 1.89. The third-order valence-corrected chi connectivity index (χ3v) is 3.50. The van der Waals surface area contributed by atoms with Crippen LogP contribution in [0.2, 0.25) is 0 Å². The Labute approximate surface area is 123 Å². The number of benzene rings is 1. The molecule has 0 radical (unpaired) electrons. The minimum Gasteiger partial charge on any atom is -0.379 e. The molecule has 7 heteroatoms. The van der Waals surface area contributed by atoms with Gasteiger partial charge < -0.3 is 15.0 Å². The lowest BCUT2D eigenvalue weighted by atomic mass is 10.0. The topological polar surface area (TPSA) is 84.7 Å². The summed E-state index contributed by atoms with van der Waals surface area (Å²) in [6.07, 6.45) is 0.780. The third kappa shape index (κ3) is 3.30. The van der Waals surface area contributed by atoms with Gasteiger partial charge in [0.2, 0.25) is 0 Å². The van der Waals surface area contributed by atoms with Gasteiger partial charge in [-0.2, -0.15) is 0 Å². The number of carbonyl (C=O) groups excluding carboxylic acids is 1. The van der Waals surface area contributed by atoms with E-state index in [9.17, 15) is 14.9 Å². The summed E-state index contributed by atoms with van der Waals surface area (Å²) in [4.78, 5) is 24.1. The van der Waals surface area contributed by atoms with E-state index in [0.29, 0.717) is 24.5 Å². The van der Waals surface area contributed by atoms with E-state index < -0.39 is 4.92 Å².